The van der Waals surface area contributed by atoms with Crippen LogP contribution in [-0.2, 0) is 4.79 Å². The van der Waals surface area contributed by atoms with E-state index < -0.39 is 0 Å². The molecule has 0 spiro atoms. The number of hydrogen-bond donors (Lipinski definition) is 1. The molecule has 0 aliphatic heterocycles. The average molecular weight is 387 g/mol. The molecular weight excluding hydrogens is 373 g/mol. The number of rotatable bonds is 4. The molecule has 0 aliphatic carbocycles. The molecule has 6 heteroatoms. The Bertz CT molecular complexity index is 698. The maximum atomic E-state index is 13.0. The molecule has 0 unspecified atom stereocenters. The van der Waals surface area contributed by atoms with Crippen LogP contribution in [0.25, 0.3) is 0 Å². The Morgan fingerprint density at radius 1 is 1.32 bits per heavy atom. The Kier molecular flexibility index (Phi) is 5.42. The minimum atomic E-state index is -0.384. The van der Waals surface area contributed by atoms with Gasteiger partial charge >= 0.3 is 0 Å². The van der Waals surface area contributed by atoms with Gasteiger partial charge in [0, 0.05) is 0 Å². The summed E-state index contributed by atoms with van der Waals surface area (Å²) in [6.45, 7) is 3.60. The van der Waals surface area contributed by atoms with Gasteiger partial charge in [-0.3, -0.25) is 4.79 Å². The molecule has 0 bridgehead atoms. The van der Waals surface area contributed by atoms with Crippen LogP contribution in [0, 0.1) is 19.7 Å². The zero-order valence-corrected chi connectivity index (χ0v) is 14.4. The lowest BCUT2D eigenvalue weighted by molar-refractivity contribution is -0.118. The summed E-state index contributed by atoms with van der Waals surface area (Å²) in [6.07, 6.45) is 0. The number of carbonyl (C=O) groups excluding carboxylic acids is 1. The van der Waals surface area contributed by atoms with Gasteiger partial charge in [-0.15, -0.1) is 0 Å². The number of nitrogens with one attached hydrogen (secondary N) is 1. The molecule has 22 heavy (non-hydrogen) atoms. The van der Waals surface area contributed by atoms with Crippen LogP contribution in [0.5, 0.6) is 5.75 Å². The number of hydrogen-bond acceptors (Lipinski definition) is 2. The fourth-order valence-corrected chi connectivity index (χ4v) is 2.82. The summed E-state index contributed by atoms with van der Waals surface area (Å²) >= 11 is 9.31. The number of ether oxygens (including phenoxy) is 1. The molecule has 0 fully saturated rings. The van der Waals surface area contributed by atoms with Crippen LogP contribution in [0.15, 0.2) is 34.8 Å². The SMILES string of the molecule is Cc1cc(C)c(NC(=O)COc2ccc(F)cc2Br)c(Cl)c1. The minimum absolute atomic E-state index is 0.201. The van der Waals surface area contributed by atoms with E-state index in [0.717, 1.165) is 11.1 Å². The summed E-state index contributed by atoms with van der Waals surface area (Å²) < 4.78 is 18.8. The fourth-order valence-electron chi connectivity index (χ4n) is 1.99. The van der Waals surface area contributed by atoms with E-state index in [4.69, 9.17) is 16.3 Å². The number of halogens is 3. The molecule has 0 saturated carbocycles. The Balaban J connectivity index is 2.02. The van der Waals surface area contributed by atoms with E-state index in [1.165, 1.54) is 18.2 Å². The Morgan fingerprint density at radius 2 is 2.05 bits per heavy atom. The van der Waals surface area contributed by atoms with E-state index in [9.17, 15) is 9.18 Å². The van der Waals surface area contributed by atoms with Crippen molar-refractivity contribution >= 4 is 39.1 Å². The number of aryl methyl sites for hydroxylation is 2. The lowest BCUT2D eigenvalue weighted by Crippen LogP contribution is -2.21. The largest absolute Gasteiger partial charge is 0.483 e. The van der Waals surface area contributed by atoms with E-state index in [0.29, 0.717) is 20.9 Å². The van der Waals surface area contributed by atoms with E-state index in [1.807, 2.05) is 19.9 Å². The number of anilines is 1. The van der Waals surface area contributed by atoms with Crippen molar-refractivity contribution in [2.45, 2.75) is 13.8 Å². The van der Waals surface area contributed by atoms with Gasteiger partial charge in [-0.05, 0) is 65.2 Å². The van der Waals surface area contributed by atoms with Crippen molar-refractivity contribution < 1.29 is 13.9 Å². The minimum Gasteiger partial charge on any atom is -0.483 e. The highest BCUT2D eigenvalue weighted by atomic mass is 79.9. The molecule has 1 amide bonds. The van der Waals surface area contributed by atoms with Crippen LogP contribution in [0.1, 0.15) is 11.1 Å². The summed E-state index contributed by atoms with van der Waals surface area (Å²) in [7, 11) is 0. The van der Waals surface area contributed by atoms with E-state index in [1.54, 1.807) is 6.07 Å². The van der Waals surface area contributed by atoms with Crippen LogP contribution in [0.4, 0.5) is 10.1 Å². The number of carbonyl (C=O) groups is 1. The van der Waals surface area contributed by atoms with Gasteiger partial charge in [0.1, 0.15) is 11.6 Å². The van der Waals surface area contributed by atoms with Gasteiger partial charge in [-0.25, -0.2) is 4.39 Å². The first-order chi connectivity index (χ1) is 10.4. The molecule has 2 aromatic carbocycles. The third kappa shape index (κ3) is 4.21. The molecular formula is C16H14BrClFNO2. The maximum absolute atomic E-state index is 13.0. The maximum Gasteiger partial charge on any atom is 0.262 e. The zero-order chi connectivity index (χ0) is 16.3. The molecule has 0 aromatic heterocycles. The smallest absolute Gasteiger partial charge is 0.262 e. The van der Waals surface area contributed by atoms with Crippen LogP contribution in [0.2, 0.25) is 5.02 Å². The molecule has 116 valence electrons. The third-order valence-corrected chi connectivity index (χ3v) is 3.87. The molecule has 3 nitrogen and oxygen atoms in total. The lowest BCUT2D eigenvalue weighted by atomic mass is 10.1. The molecule has 0 radical (unpaired) electrons. The van der Waals surface area contributed by atoms with Gasteiger partial charge in [0.05, 0.1) is 15.2 Å². The molecule has 0 saturated heterocycles. The van der Waals surface area contributed by atoms with Crippen molar-refractivity contribution in [2.75, 3.05) is 11.9 Å². The summed E-state index contributed by atoms with van der Waals surface area (Å²) in [5.41, 5.74) is 2.47. The van der Waals surface area contributed by atoms with E-state index >= 15 is 0 Å². The van der Waals surface area contributed by atoms with Crippen LogP contribution in [0.3, 0.4) is 0 Å². The summed E-state index contributed by atoms with van der Waals surface area (Å²) in [5, 5.41) is 3.20. The number of benzene rings is 2. The Labute approximate surface area is 141 Å². The van der Waals surface area contributed by atoms with E-state index in [-0.39, 0.29) is 18.3 Å². The van der Waals surface area contributed by atoms with Crippen LogP contribution >= 0.6 is 27.5 Å². The van der Waals surface area contributed by atoms with Crippen molar-refractivity contribution in [1.29, 1.82) is 0 Å². The highest BCUT2D eigenvalue weighted by Gasteiger charge is 2.11. The predicted molar refractivity (Wildman–Crippen MR) is 89.2 cm³/mol. The first kappa shape index (κ1) is 16.8. The quantitative estimate of drug-likeness (QED) is 0.813. The van der Waals surface area contributed by atoms with Crippen molar-refractivity contribution in [2.24, 2.45) is 0 Å². The molecule has 0 aliphatic rings. The van der Waals surface area contributed by atoms with Crippen molar-refractivity contribution in [3.05, 3.63) is 56.8 Å². The molecule has 2 aromatic rings. The standard InChI is InChI=1S/C16H14BrClFNO2/c1-9-5-10(2)16(13(18)6-9)20-15(21)8-22-14-4-3-11(19)7-12(14)17/h3-7H,8H2,1-2H3,(H,20,21). The summed E-state index contributed by atoms with van der Waals surface area (Å²) in [5.74, 6) is -0.334. The van der Waals surface area contributed by atoms with Crippen molar-refractivity contribution in [3.8, 4) is 5.75 Å². The van der Waals surface area contributed by atoms with Crippen molar-refractivity contribution in [3.63, 3.8) is 0 Å². The summed E-state index contributed by atoms with van der Waals surface area (Å²) in [6, 6.07) is 7.70. The second-order valence-corrected chi connectivity index (χ2v) is 6.11. The van der Waals surface area contributed by atoms with E-state index in [2.05, 4.69) is 21.2 Å². The van der Waals surface area contributed by atoms with Crippen LogP contribution in [-0.4, -0.2) is 12.5 Å². The highest BCUT2D eigenvalue weighted by molar-refractivity contribution is 9.10. The summed E-state index contributed by atoms with van der Waals surface area (Å²) in [4.78, 5) is 12.0. The Morgan fingerprint density at radius 3 is 2.68 bits per heavy atom. The highest BCUT2D eigenvalue weighted by Crippen LogP contribution is 2.28. The first-order valence-electron chi connectivity index (χ1n) is 6.51. The van der Waals surface area contributed by atoms with Gasteiger partial charge in [-0.2, -0.15) is 0 Å². The van der Waals surface area contributed by atoms with Gasteiger partial charge in [-0.1, -0.05) is 17.7 Å². The second-order valence-electron chi connectivity index (χ2n) is 4.85. The normalized spacial score (nSPS) is 10.4. The monoisotopic (exact) mass is 385 g/mol. The fraction of sp³-hybridized carbons (Fsp3) is 0.188. The number of amides is 1. The predicted octanol–water partition coefficient (Wildman–Crippen LogP) is 4.88. The first-order valence-corrected chi connectivity index (χ1v) is 7.68. The van der Waals surface area contributed by atoms with Gasteiger partial charge in [0.2, 0.25) is 0 Å². The topological polar surface area (TPSA) is 38.3 Å². The zero-order valence-electron chi connectivity index (χ0n) is 12.0. The molecule has 0 atom stereocenters. The van der Waals surface area contributed by atoms with Crippen LogP contribution < -0.4 is 10.1 Å². The second kappa shape index (κ2) is 7.11. The third-order valence-electron chi connectivity index (χ3n) is 2.95. The molecule has 1 N–H and O–H groups in total. The van der Waals surface area contributed by atoms with Crippen molar-refractivity contribution in [1.82, 2.24) is 0 Å². The molecule has 0 heterocycles. The average Bonchev–Trinajstić information content (AvgIpc) is 2.42. The van der Waals surface area contributed by atoms with Gasteiger partial charge in [0.25, 0.3) is 5.91 Å². The van der Waals surface area contributed by atoms with Gasteiger partial charge < -0.3 is 10.1 Å². The Hall–Kier alpha value is -1.59. The lowest BCUT2D eigenvalue weighted by Gasteiger charge is -2.12. The molecule has 2 rings (SSSR count). The van der Waals surface area contributed by atoms with Gasteiger partial charge in [0.15, 0.2) is 6.61 Å².